The Labute approximate surface area is 199 Å². The van der Waals surface area contributed by atoms with E-state index in [1.54, 1.807) is 42.5 Å². The average Bonchev–Trinajstić information content (AvgIpc) is 3.28. The molecule has 1 aliphatic rings. The molecule has 0 fully saturated rings. The number of hydrogen-bond donors (Lipinski definition) is 4. The highest BCUT2D eigenvalue weighted by Crippen LogP contribution is 2.38. The van der Waals surface area contributed by atoms with E-state index in [1.165, 1.54) is 12.4 Å². The predicted octanol–water partition coefficient (Wildman–Crippen LogP) is 1.59. The van der Waals surface area contributed by atoms with Crippen LogP contribution in [-0.2, 0) is 0 Å². The lowest BCUT2D eigenvalue weighted by Gasteiger charge is -2.24. The highest BCUT2D eigenvalue weighted by molar-refractivity contribution is 5.95. The number of rotatable bonds is 6. The molecule has 35 heavy (non-hydrogen) atoms. The minimum atomic E-state index is -0.640. The Bertz CT molecular complexity index is 1490. The van der Waals surface area contributed by atoms with Crippen LogP contribution in [0.1, 0.15) is 28.6 Å². The molecule has 0 saturated heterocycles. The van der Waals surface area contributed by atoms with Crippen LogP contribution in [0.5, 0.6) is 11.5 Å². The number of benzene rings is 2. The molecule has 0 spiro atoms. The zero-order chi connectivity index (χ0) is 24.4. The SMILES string of the molecule is C#Cc1cc(C(Nc2ccc(C(=N)N)cc2)c2nn(-c3ncccn3)c(=O)[nH]2)cc2c1OCCO2. The van der Waals surface area contributed by atoms with Gasteiger partial charge in [0.25, 0.3) is 5.95 Å². The number of nitrogens with two attached hydrogens (primary N) is 1. The predicted molar refractivity (Wildman–Crippen MR) is 128 cm³/mol. The highest BCUT2D eigenvalue weighted by atomic mass is 16.6. The summed E-state index contributed by atoms with van der Waals surface area (Å²) in [5, 5.41) is 15.4. The van der Waals surface area contributed by atoms with Gasteiger partial charge in [-0.1, -0.05) is 5.92 Å². The summed E-state index contributed by atoms with van der Waals surface area (Å²) in [6.07, 6.45) is 8.80. The number of aromatic amines is 1. The molecule has 2 aromatic carbocycles. The van der Waals surface area contributed by atoms with E-state index in [4.69, 9.17) is 27.0 Å². The first kappa shape index (κ1) is 21.7. The van der Waals surface area contributed by atoms with Crippen LogP contribution in [0.2, 0.25) is 0 Å². The summed E-state index contributed by atoms with van der Waals surface area (Å²) in [6.45, 7) is 0.794. The molecule has 3 heterocycles. The van der Waals surface area contributed by atoms with Gasteiger partial charge in [-0.3, -0.25) is 10.4 Å². The summed E-state index contributed by atoms with van der Waals surface area (Å²) in [5.41, 5.74) is 7.56. The summed E-state index contributed by atoms with van der Waals surface area (Å²) >= 11 is 0. The number of H-pyrrole nitrogens is 1. The molecule has 11 nitrogen and oxygen atoms in total. The van der Waals surface area contributed by atoms with Crippen molar-refractivity contribution in [1.29, 1.82) is 5.41 Å². The van der Waals surface area contributed by atoms with E-state index in [2.05, 4.69) is 31.3 Å². The number of nitrogen functional groups attached to an aromatic ring is 1. The number of anilines is 1. The van der Waals surface area contributed by atoms with E-state index in [0.717, 1.165) is 4.68 Å². The fourth-order valence-electron chi connectivity index (χ4n) is 3.68. The Morgan fingerprint density at radius 3 is 2.66 bits per heavy atom. The maximum Gasteiger partial charge on any atom is 0.350 e. The van der Waals surface area contributed by atoms with Crippen molar-refractivity contribution in [2.45, 2.75) is 6.04 Å². The molecule has 1 unspecified atom stereocenters. The van der Waals surface area contributed by atoms with Crippen LogP contribution in [0, 0.1) is 17.8 Å². The normalized spacial score (nSPS) is 13.0. The van der Waals surface area contributed by atoms with E-state index in [0.29, 0.717) is 52.9 Å². The molecular formula is C24H20N8O3. The van der Waals surface area contributed by atoms with Crippen molar-refractivity contribution in [1.82, 2.24) is 24.7 Å². The number of nitrogens with zero attached hydrogens (tertiary/aromatic N) is 4. The van der Waals surface area contributed by atoms with Crippen molar-refractivity contribution < 1.29 is 9.47 Å². The van der Waals surface area contributed by atoms with Crippen LogP contribution in [0.25, 0.3) is 5.95 Å². The maximum atomic E-state index is 12.7. The summed E-state index contributed by atoms with van der Waals surface area (Å²) in [4.78, 5) is 23.7. The maximum absolute atomic E-state index is 12.7. The van der Waals surface area contributed by atoms with Crippen molar-refractivity contribution in [3.8, 4) is 29.8 Å². The van der Waals surface area contributed by atoms with E-state index < -0.39 is 11.7 Å². The summed E-state index contributed by atoms with van der Waals surface area (Å²) in [5.74, 6) is 4.05. The number of hydrogen-bond acceptors (Lipinski definition) is 8. The molecule has 2 aromatic heterocycles. The zero-order valence-electron chi connectivity index (χ0n) is 18.4. The van der Waals surface area contributed by atoms with Crippen LogP contribution < -0.4 is 26.2 Å². The average molecular weight is 468 g/mol. The molecule has 11 heteroatoms. The van der Waals surface area contributed by atoms with Crippen molar-refractivity contribution in [3.05, 3.63) is 87.9 Å². The van der Waals surface area contributed by atoms with Gasteiger partial charge in [0.15, 0.2) is 17.3 Å². The first-order chi connectivity index (χ1) is 17.0. The van der Waals surface area contributed by atoms with Crippen molar-refractivity contribution in [3.63, 3.8) is 0 Å². The first-order valence-corrected chi connectivity index (χ1v) is 10.6. The van der Waals surface area contributed by atoms with Crippen LogP contribution in [0.3, 0.4) is 0 Å². The van der Waals surface area contributed by atoms with E-state index in [1.807, 2.05) is 0 Å². The van der Waals surface area contributed by atoms with Gasteiger partial charge in [0.1, 0.15) is 25.1 Å². The van der Waals surface area contributed by atoms with Gasteiger partial charge in [-0.15, -0.1) is 16.2 Å². The third-order valence-corrected chi connectivity index (χ3v) is 5.31. The number of fused-ring (bicyclic) bond motifs is 1. The Hall–Kier alpha value is -5.11. The second-order valence-corrected chi connectivity index (χ2v) is 7.58. The van der Waals surface area contributed by atoms with Gasteiger partial charge >= 0.3 is 5.69 Å². The molecule has 0 saturated carbocycles. The van der Waals surface area contributed by atoms with Crippen molar-refractivity contribution >= 4 is 11.5 Å². The Morgan fingerprint density at radius 2 is 1.94 bits per heavy atom. The smallest absolute Gasteiger partial charge is 0.350 e. The van der Waals surface area contributed by atoms with Gasteiger partial charge in [-0.05, 0) is 48.0 Å². The molecule has 1 aliphatic heterocycles. The van der Waals surface area contributed by atoms with Gasteiger partial charge in [-0.2, -0.15) is 0 Å². The quantitative estimate of drug-likeness (QED) is 0.189. The Morgan fingerprint density at radius 1 is 1.20 bits per heavy atom. The van der Waals surface area contributed by atoms with Crippen molar-refractivity contribution in [2.24, 2.45) is 5.73 Å². The molecule has 0 amide bonds. The minimum absolute atomic E-state index is 0.0375. The van der Waals surface area contributed by atoms with Crippen LogP contribution >= 0.6 is 0 Å². The molecule has 5 rings (SSSR count). The standard InChI is InChI=1S/C24H20N8O3/c1-2-14-12-16(13-18-20(14)35-11-10-34-18)19(29-17-6-4-15(5-7-17)21(25)26)22-30-24(33)32(31-22)23-27-8-3-9-28-23/h1,3-9,12-13,19,29H,10-11H2,(H3,25,26)(H,30,31,33). The Balaban J connectivity index is 1.61. The third-order valence-electron chi connectivity index (χ3n) is 5.31. The number of nitrogens with one attached hydrogen (secondary N) is 3. The monoisotopic (exact) mass is 468 g/mol. The molecule has 1 atom stereocenters. The van der Waals surface area contributed by atoms with Gasteiger partial charge in [0.2, 0.25) is 0 Å². The lowest BCUT2D eigenvalue weighted by Crippen LogP contribution is -2.19. The largest absolute Gasteiger partial charge is 0.486 e. The molecule has 0 bridgehead atoms. The van der Waals surface area contributed by atoms with Gasteiger partial charge in [-0.25, -0.2) is 14.8 Å². The number of terminal acetylenes is 1. The first-order valence-electron chi connectivity index (χ1n) is 10.6. The number of aromatic nitrogens is 5. The van der Waals surface area contributed by atoms with E-state index in [-0.39, 0.29) is 11.8 Å². The molecule has 0 radical (unpaired) electrons. The van der Waals surface area contributed by atoms with Crippen LogP contribution in [0.4, 0.5) is 5.69 Å². The summed E-state index contributed by atoms with van der Waals surface area (Å²) in [7, 11) is 0. The second kappa shape index (κ2) is 9.03. The molecular weight excluding hydrogens is 448 g/mol. The summed E-state index contributed by atoms with van der Waals surface area (Å²) < 4.78 is 12.6. The summed E-state index contributed by atoms with van der Waals surface area (Å²) in [6, 6.07) is 11.6. The van der Waals surface area contributed by atoms with Crippen molar-refractivity contribution in [2.75, 3.05) is 18.5 Å². The molecule has 0 aliphatic carbocycles. The van der Waals surface area contributed by atoms with E-state index >= 15 is 0 Å². The third kappa shape index (κ3) is 4.28. The number of amidine groups is 1. The Kier molecular flexibility index (Phi) is 5.60. The van der Waals surface area contributed by atoms with Gasteiger partial charge in [0.05, 0.1) is 5.56 Å². The molecule has 174 valence electrons. The fraction of sp³-hybridized carbons (Fsp3) is 0.125. The number of ether oxygens (including phenoxy) is 2. The molecule has 5 N–H and O–H groups in total. The fourth-order valence-corrected chi connectivity index (χ4v) is 3.68. The lowest BCUT2D eigenvalue weighted by molar-refractivity contribution is 0.171. The van der Waals surface area contributed by atoms with Gasteiger partial charge in [0, 0.05) is 23.6 Å². The highest BCUT2D eigenvalue weighted by Gasteiger charge is 2.25. The van der Waals surface area contributed by atoms with Crippen LogP contribution in [0.15, 0.2) is 59.7 Å². The lowest BCUT2D eigenvalue weighted by atomic mass is 10.0. The van der Waals surface area contributed by atoms with Gasteiger partial charge < -0.3 is 20.5 Å². The second-order valence-electron chi connectivity index (χ2n) is 7.58. The van der Waals surface area contributed by atoms with Crippen LogP contribution in [-0.4, -0.2) is 43.8 Å². The van der Waals surface area contributed by atoms with E-state index in [9.17, 15) is 4.79 Å². The molecule has 4 aromatic rings. The minimum Gasteiger partial charge on any atom is -0.486 e. The topological polar surface area (TPSA) is 157 Å². The zero-order valence-corrected chi connectivity index (χ0v) is 18.4.